The molecule has 2 aromatic heterocycles. The summed E-state index contributed by atoms with van der Waals surface area (Å²) in [6.45, 7) is 4.27. The maximum atomic E-state index is 12.1. The molecule has 0 saturated carbocycles. The molecular weight excluding hydrogens is 446 g/mol. The van der Waals surface area contributed by atoms with E-state index in [1.54, 1.807) is 30.5 Å². The highest BCUT2D eigenvalue weighted by molar-refractivity contribution is 6.32. The number of fused-ring (bicyclic) bond motifs is 1. The summed E-state index contributed by atoms with van der Waals surface area (Å²) in [5, 5.41) is 19.8. The number of aromatic nitrogens is 3. The molecule has 0 saturated heterocycles. The number of halogens is 1. The van der Waals surface area contributed by atoms with Crippen LogP contribution in [0.3, 0.4) is 0 Å². The molecule has 0 aliphatic carbocycles. The lowest BCUT2D eigenvalue weighted by molar-refractivity contribution is 0.0888. The number of para-hydroxylation sites is 1. The van der Waals surface area contributed by atoms with Crippen LogP contribution in [0.2, 0.25) is 5.02 Å². The Morgan fingerprint density at radius 3 is 2.82 bits per heavy atom. The van der Waals surface area contributed by atoms with Crippen molar-refractivity contribution in [2.24, 2.45) is 0 Å². The van der Waals surface area contributed by atoms with E-state index in [1.807, 2.05) is 32.0 Å². The highest BCUT2D eigenvalue weighted by Gasteiger charge is 2.13. The SMILES string of the molecule is CCc1c(C)c2ccc(OCC(O)Cn3cc(COc4ccccc4Cl)nn3)cc2oc1=O. The van der Waals surface area contributed by atoms with Crippen molar-refractivity contribution in [2.45, 2.75) is 39.5 Å². The van der Waals surface area contributed by atoms with Crippen LogP contribution in [-0.2, 0) is 19.6 Å². The van der Waals surface area contributed by atoms with Gasteiger partial charge in [0.1, 0.15) is 42.1 Å². The van der Waals surface area contributed by atoms with Crippen molar-refractivity contribution in [1.82, 2.24) is 15.0 Å². The van der Waals surface area contributed by atoms with E-state index in [0.717, 1.165) is 10.9 Å². The minimum Gasteiger partial charge on any atom is -0.491 e. The van der Waals surface area contributed by atoms with E-state index in [4.69, 9.17) is 25.5 Å². The van der Waals surface area contributed by atoms with E-state index < -0.39 is 6.10 Å². The Morgan fingerprint density at radius 1 is 1.21 bits per heavy atom. The summed E-state index contributed by atoms with van der Waals surface area (Å²) in [5.41, 5.74) is 2.32. The van der Waals surface area contributed by atoms with Crippen molar-refractivity contribution in [2.75, 3.05) is 6.61 Å². The van der Waals surface area contributed by atoms with Gasteiger partial charge in [-0.1, -0.05) is 35.9 Å². The molecule has 2 heterocycles. The minimum absolute atomic E-state index is 0.0348. The van der Waals surface area contributed by atoms with Crippen LogP contribution in [0.4, 0.5) is 0 Å². The third-order valence-electron chi connectivity index (χ3n) is 5.25. The maximum absolute atomic E-state index is 12.1. The van der Waals surface area contributed by atoms with Gasteiger partial charge in [0.15, 0.2) is 0 Å². The van der Waals surface area contributed by atoms with Crippen molar-refractivity contribution in [1.29, 1.82) is 0 Å². The summed E-state index contributed by atoms with van der Waals surface area (Å²) in [6, 6.07) is 12.5. The molecule has 0 aliphatic heterocycles. The van der Waals surface area contributed by atoms with E-state index in [9.17, 15) is 9.90 Å². The second kappa shape index (κ2) is 10.1. The fourth-order valence-corrected chi connectivity index (χ4v) is 3.73. The zero-order chi connectivity index (χ0) is 23.4. The lowest BCUT2D eigenvalue weighted by Gasteiger charge is -2.13. The molecule has 4 rings (SSSR count). The fourth-order valence-electron chi connectivity index (χ4n) is 3.54. The minimum atomic E-state index is -0.823. The number of aliphatic hydroxyl groups excluding tert-OH is 1. The zero-order valence-corrected chi connectivity index (χ0v) is 19.1. The van der Waals surface area contributed by atoms with Gasteiger partial charge in [-0.25, -0.2) is 9.48 Å². The summed E-state index contributed by atoms with van der Waals surface area (Å²) < 4.78 is 18.3. The molecule has 0 fully saturated rings. The molecule has 0 aliphatic rings. The number of aliphatic hydroxyl groups is 1. The Labute approximate surface area is 195 Å². The van der Waals surface area contributed by atoms with Gasteiger partial charge < -0.3 is 19.0 Å². The van der Waals surface area contributed by atoms with Gasteiger partial charge >= 0.3 is 5.63 Å². The molecule has 9 heteroatoms. The van der Waals surface area contributed by atoms with Crippen LogP contribution in [0.5, 0.6) is 11.5 Å². The number of hydrogen-bond donors (Lipinski definition) is 1. The van der Waals surface area contributed by atoms with E-state index in [1.165, 1.54) is 4.68 Å². The number of hydrogen-bond acceptors (Lipinski definition) is 7. The molecule has 1 atom stereocenters. The third kappa shape index (κ3) is 5.35. The quantitative estimate of drug-likeness (QED) is 0.371. The first kappa shape index (κ1) is 22.8. The monoisotopic (exact) mass is 469 g/mol. The van der Waals surface area contributed by atoms with Gasteiger partial charge in [-0.05, 0) is 43.2 Å². The Kier molecular flexibility index (Phi) is 6.96. The van der Waals surface area contributed by atoms with E-state index in [2.05, 4.69) is 10.3 Å². The maximum Gasteiger partial charge on any atom is 0.339 e. The fraction of sp³-hybridized carbons (Fsp3) is 0.292. The van der Waals surface area contributed by atoms with Crippen LogP contribution in [0.15, 0.2) is 57.9 Å². The highest BCUT2D eigenvalue weighted by Crippen LogP contribution is 2.25. The van der Waals surface area contributed by atoms with Crippen molar-refractivity contribution in [3.63, 3.8) is 0 Å². The molecular formula is C24H24ClN3O5. The van der Waals surface area contributed by atoms with Gasteiger partial charge in [0.05, 0.1) is 17.8 Å². The Morgan fingerprint density at radius 2 is 2.03 bits per heavy atom. The first-order valence-electron chi connectivity index (χ1n) is 10.6. The van der Waals surface area contributed by atoms with E-state index in [0.29, 0.717) is 39.8 Å². The van der Waals surface area contributed by atoms with Crippen LogP contribution in [0.1, 0.15) is 23.7 Å². The zero-order valence-electron chi connectivity index (χ0n) is 18.3. The molecule has 2 aromatic carbocycles. The largest absolute Gasteiger partial charge is 0.491 e. The smallest absolute Gasteiger partial charge is 0.339 e. The molecule has 0 amide bonds. The molecule has 8 nitrogen and oxygen atoms in total. The number of aryl methyl sites for hydroxylation is 1. The normalized spacial score (nSPS) is 12.1. The summed E-state index contributed by atoms with van der Waals surface area (Å²) in [4.78, 5) is 12.1. The summed E-state index contributed by atoms with van der Waals surface area (Å²) in [6.07, 6.45) is 1.49. The predicted octanol–water partition coefficient (Wildman–Crippen LogP) is 3.93. The lowest BCUT2D eigenvalue weighted by atomic mass is 10.0. The first-order chi connectivity index (χ1) is 15.9. The first-order valence-corrected chi connectivity index (χ1v) is 11.0. The van der Waals surface area contributed by atoms with Crippen molar-refractivity contribution < 1.29 is 19.0 Å². The molecule has 1 N–H and O–H groups in total. The highest BCUT2D eigenvalue weighted by atomic mass is 35.5. The van der Waals surface area contributed by atoms with E-state index in [-0.39, 0.29) is 25.4 Å². The Bertz CT molecular complexity index is 1320. The third-order valence-corrected chi connectivity index (χ3v) is 5.56. The second-order valence-corrected chi connectivity index (χ2v) is 8.03. The summed E-state index contributed by atoms with van der Waals surface area (Å²) in [5.74, 6) is 1.07. The number of ether oxygens (including phenoxy) is 2. The Hall–Kier alpha value is -3.36. The molecule has 1 unspecified atom stereocenters. The second-order valence-electron chi connectivity index (χ2n) is 7.62. The average Bonchev–Trinajstić information content (AvgIpc) is 3.24. The van der Waals surface area contributed by atoms with Crippen LogP contribution in [0.25, 0.3) is 11.0 Å². The average molecular weight is 470 g/mol. The van der Waals surface area contributed by atoms with Gasteiger partial charge in [-0.2, -0.15) is 0 Å². The van der Waals surface area contributed by atoms with Crippen LogP contribution in [-0.4, -0.2) is 32.8 Å². The number of nitrogens with zero attached hydrogens (tertiary/aromatic N) is 3. The van der Waals surface area contributed by atoms with Gasteiger partial charge in [0, 0.05) is 17.0 Å². The standard InChI is InChI=1S/C24H24ClN3O5/c1-3-19-15(2)20-9-8-18(10-23(20)33-24(19)30)31-14-17(29)12-28-11-16(26-27-28)13-32-22-7-5-4-6-21(22)25/h4-11,17,29H,3,12-14H2,1-2H3. The van der Waals surface area contributed by atoms with Crippen LogP contribution in [0, 0.1) is 6.92 Å². The summed E-state index contributed by atoms with van der Waals surface area (Å²) >= 11 is 6.08. The van der Waals surface area contributed by atoms with Gasteiger partial charge in [0.2, 0.25) is 0 Å². The van der Waals surface area contributed by atoms with Gasteiger partial charge in [-0.3, -0.25) is 0 Å². The predicted molar refractivity (Wildman–Crippen MR) is 124 cm³/mol. The Balaban J connectivity index is 1.33. The van der Waals surface area contributed by atoms with Gasteiger partial charge in [-0.15, -0.1) is 5.10 Å². The van der Waals surface area contributed by atoms with Crippen LogP contribution >= 0.6 is 11.6 Å². The molecule has 0 bridgehead atoms. The molecule has 172 valence electrons. The molecule has 0 radical (unpaired) electrons. The van der Waals surface area contributed by atoms with Crippen molar-refractivity contribution in [3.8, 4) is 11.5 Å². The van der Waals surface area contributed by atoms with Crippen molar-refractivity contribution >= 4 is 22.6 Å². The van der Waals surface area contributed by atoms with Gasteiger partial charge in [0.25, 0.3) is 0 Å². The number of rotatable bonds is 9. The molecule has 33 heavy (non-hydrogen) atoms. The topological polar surface area (TPSA) is 99.6 Å². The summed E-state index contributed by atoms with van der Waals surface area (Å²) in [7, 11) is 0. The molecule has 4 aromatic rings. The lowest BCUT2D eigenvalue weighted by Crippen LogP contribution is -2.24. The van der Waals surface area contributed by atoms with Crippen LogP contribution < -0.4 is 15.1 Å². The molecule has 0 spiro atoms. The van der Waals surface area contributed by atoms with E-state index >= 15 is 0 Å². The van der Waals surface area contributed by atoms with Crippen molar-refractivity contribution in [3.05, 3.63) is 80.9 Å². The number of benzene rings is 2.